The van der Waals surface area contributed by atoms with Gasteiger partial charge in [-0.05, 0) is 39.5 Å². The van der Waals surface area contributed by atoms with Gasteiger partial charge < -0.3 is 10.6 Å². The van der Waals surface area contributed by atoms with Crippen LogP contribution in [0.25, 0.3) is 0 Å². The fourth-order valence-corrected chi connectivity index (χ4v) is 2.95. The van der Waals surface area contributed by atoms with Crippen molar-refractivity contribution in [1.82, 2.24) is 9.78 Å². The third-order valence-electron chi connectivity index (χ3n) is 4.04. The summed E-state index contributed by atoms with van der Waals surface area (Å²) in [4.78, 5) is 14.3. The number of hydrogen-bond donors (Lipinski definition) is 1. The van der Waals surface area contributed by atoms with E-state index in [9.17, 15) is 4.79 Å². The third kappa shape index (κ3) is 2.99. The minimum Gasteiger partial charge on any atom is -0.369 e. The number of hydrogen-bond acceptors (Lipinski definition) is 4. The van der Waals surface area contributed by atoms with Crippen LogP contribution >= 0.6 is 11.6 Å². The zero-order chi connectivity index (χ0) is 14.9. The van der Waals surface area contributed by atoms with Crippen molar-refractivity contribution in [2.24, 2.45) is 11.7 Å². The Morgan fingerprint density at radius 3 is 2.45 bits per heavy atom. The molecule has 1 aliphatic heterocycles. The van der Waals surface area contributed by atoms with Gasteiger partial charge in [0.25, 0.3) is 5.56 Å². The Bertz CT molecular complexity index is 518. The summed E-state index contributed by atoms with van der Waals surface area (Å²) in [7, 11) is 0. The summed E-state index contributed by atoms with van der Waals surface area (Å²) in [5.41, 5.74) is 6.48. The van der Waals surface area contributed by atoms with E-state index in [-0.39, 0.29) is 22.7 Å². The standard InChI is InChI=1S/C14H23ClN4O/c1-9(2)19-14(20)13(15)12(8-17-19)18-6-4-11(5-7-18)10(3)16/h8-11H,4-7,16H2,1-3H3. The van der Waals surface area contributed by atoms with E-state index in [0.717, 1.165) is 31.6 Å². The van der Waals surface area contributed by atoms with Crippen LogP contribution in [0.2, 0.25) is 5.02 Å². The highest BCUT2D eigenvalue weighted by Gasteiger charge is 2.24. The van der Waals surface area contributed by atoms with Gasteiger partial charge in [0.1, 0.15) is 5.02 Å². The number of anilines is 1. The van der Waals surface area contributed by atoms with Gasteiger partial charge in [0.15, 0.2) is 0 Å². The molecule has 2 heterocycles. The van der Waals surface area contributed by atoms with Gasteiger partial charge in [-0.1, -0.05) is 11.6 Å². The van der Waals surface area contributed by atoms with E-state index in [1.165, 1.54) is 4.68 Å². The third-order valence-corrected chi connectivity index (χ3v) is 4.39. The van der Waals surface area contributed by atoms with Gasteiger partial charge in [0.2, 0.25) is 0 Å². The van der Waals surface area contributed by atoms with Crippen molar-refractivity contribution in [3.8, 4) is 0 Å². The largest absolute Gasteiger partial charge is 0.369 e. The number of halogens is 1. The van der Waals surface area contributed by atoms with Gasteiger partial charge in [0.05, 0.1) is 17.9 Å². The minimum absolute atomic E-state index is 0.0119. The van der Waals surface area contributed by atoms with Crippen LogP contribution in [-0.2, 0) is 0 Å². The molecule has 1 saturated heterocycles. The molecule has 1 aromatic rings. The van der Waals surface area contributed by atoms with Crippen molar-refractivity contribution in [3.63, 3.8) is 0 Å². The van der Waals surface area contributed by atoms with Gasteiger partial charge in [-0.2, -0.15) is 5.10 Å². The smallest absolute Gasteiger partial charge is 0.287 e. The average molecular weight is 299 g/mol. The molecule has 112 valence electrons. The van der Waals surface area contributed by atoms with Crippen LogP contribution < -0.4 is 16.2 Å². The summed E-state index contributed by atoms with van der Waals surface area (Å²) in [6.45, 7) is 7.63. The Morgan fingerprint density at radius 2 is 1.95 bits per heavy atom. The molecule has 5 nitrogen and oxygen atoms in total. The molecule has 0 saturated carbocycles. The van der Waals surface area contributed by atoms with Gasteiger partial charge in [-0.25, -0.2) is 4.68 Å². The van der Waals surface area contributed by atoms with Crippen LogP contribution in [0.4, 0.5) is 5.69 Å². The van der Waals surface area contributed by atoms with E-state index < -0.39 is 0 Å². The first-order valence-electron chi connectivity index (χ1n) is 7.19. The second kappa shape index (κ2) is 6.14. The molecule has 0 aromatic carbocycles. The maximum Gasteiger partial charge on any atom is 0.287 e. The predicted molar refractivity (Wildman–Crippen MR) is 82.5 cm³/mol. The first kappa shape index (κ1) is 15.3. The van der Waals surface area contributed by atoms with Crippen LogP contribution in [0.3, 0.4) is 0 Å². The molecule has 1 fully saturated rings. The Balaban J connectivity index is 2.19. The highest BCUT2D eigenvalue weighted by atomic mass is 35.5. The summed E-state index contributed by atoms with van der Waals surface area (Å²) in [5, 5.41) is 4.49. The molecule has 0 aliphatic carbocycles. The monoisotopic (exact) mass is 298 g/mol. The summed E-state index contributed by atoms with van der Waals surface area (Å²) in [6.07, 6.45) is 3.76. The molecule has 0 bridgehead atoms. The van der Waals surface area contributed by atoms with Gasteiger partial charge >= 0.3 is 0 Å². The molecule has 1 atom stereocenters. The van der Waals surface area contributed by atoms with E-state index >= 15 is 0 Å². The molecule has 0 spiro atoms. The lowest BCUT2D eigenvalue weighted by Gasteiger charge is -2.35. The number of aromatic nitrogens is 2. The van der Waals surface area contributed by atoms with E-state index in [4.69, 9.17) is 17.3 Å². The number of rotatable bonds is 3. The second-order valence-electron chi connectivity index (χ2n) is 5.87. The van der Waals surface area contributed by atoms with Gasteiger partial charge in [-0.15, -0.1) is 0 Å². The van der Waals surface area contributed by atoms with Crippen molar-refractivity contribution in [1.29, 1.82) is 0 Å². The van der Waals surface area contributed by atoms with Crippen LogP contribution in [0, 0.1) is 5.92 Å². The Morgan fingerprint density at radius 1 is 1.35 bits per heavy atom. The van der Waals surface area contributed by atoms with Crippen molar-refractivity contribution in [2.75, 3.05) is 18.0 Å². The van der Waals surface area contributed by atoms with E-state index in [2.05, 4.69) is 16.9 Å². The molecule has 0 radical (unpaired) electrons. The van der Waals surface area contributed by atoms with Crippen LogP contribution in [0.5, 0.6) is 0 Å². The normalized spacial score (nSPS) is 18.6. The zero-order valence-electron chi connectivity index (χ0n) is 12.3. The summed E-state index contributed by atoms with van der Waals surface area (Å²) in [6, 6.07) is 0.234. The molecular weight excluding hydrogens is 276 g/mol. The number of nitrogens with zero attached hydrogens (tertiary/aromatic N) is 3. The Hall–Kier alpha value is -1.07. The molecule has 1 aromatic heterocycles. The topological polar surface area (TPSA) is 64.2 Å². The first-order valence-corrected chi connectivity index (χ1v) is 7.57. The molecule has 0 amide bonds. The molecule has 1 aliphatic rings. The zero-order valence-corrected chi connectivity index (χ0v) is 13.1. The molecule has 6 heteroatoms. The SMILES string of the molecule is CC(N)C1CCN(c2cnn(C(C)C)c(=O)c2Cl)CC1. The fourth-order valence-electron chi connectivity index (χ4n) is 2.69. The lowest BCUT2D eigenvalue weighted by Crippen LogP contribution is -2.40. The highest BCUT2D eigenvalue weighted by Crippen LogP contribution is 2.27. The maximum absolute atomic E-state index is 12.2. The summed E-state index contributed by atoms with van der Waals surface area (Å²) in [5.74, 6) is 0.550. The van der Waals surface area contributed by atoms with E-state index in [0.29, 0.717) is 5.92 Å². The van der Waals surface area contributed by atoms with Crippen LogP contribution in [-0.4, -0.2) is 28.9 Å². The average Bonchev–Trinajstić information content (AvgIpc) is 2.41. The number of piperidine rings is 1. The van der Waals surface area contributed by atoms with Crippen LogP contribution in [0.15, 0.2) is 11.0 Å². The Labute approximate surface area is 124 Å². The maximum atomic E-state index is 12.2. The number of nitrogens with two attached hydrogens (primary N) is 1. The van der Waals surface area contributed by atoms with Crippen molar-refractivity contribution >= 4 is 17.3 Å². The van der Waals surface area contributed by atoms with E-state index in [1.54, 1.807) is 6.20 Å². The predicted octanol–water partition coefficient (Wildman–Crippen LogP) is 2.04. The van der Waals surface area contributed by atoms with Gasteiger partial charge in [-0.3, -0.25) is 4.79 Å². The lowest BCUT2D eigenvalue weighted by atomic mass is 9.91. The summed E-state index contributed by atoms with van der Waals surface area (Å²) >= 11 is 6.24. The Kier molecular flexibility index (Phi) is 4.70. The minimum atomic E-state index is -0.214. The lowest BCUT2D eigenvalue weighted by molar-refractivity contribution is 0.354. The molecule has 20 heavy (non-hydrogen) atoms. The van der Waals surface area contributed by atoms with Crippen LogP contribution in [0.1, 0.15) is 39.7 Å². The quantitative estimate of drug-likeness (QED) is 0.927. The van der Waals surface area contributed by atoms with E-state index in [1.807, 2.05) is 13.8 Å². The first-order chi connectivity index (χ1) is 9.41. The second-order valence-corrected chi connectivity index (χ2v) is 6.25. The molecule has 2 rings (SSSR count). The molecule has 1 unspecified atom stereocenters. The molecule has 2 N–H and O–H groups in total. The van der Waals surface area contributed by atoms with Crippen molar-refractivity contribution in [2.45, 2.75) is 45.7 Å². The summed E-state index contributed by atoms with van der Waals surface area (Å²) < 4.78 is 1.42. The van der Waals surface area contributed by atoms with Gasteiger partial charge in [0, 0.05) is 19.1 Å². The highest BCUT2D eigenvalue weighted by molar-refractivity contribution is 6.33. The van der Waals surface area contributed by atoms with Crippen molar-refractivity contribution < 1.29 is 0 Å². The molecular formula is C14H23ClN4O. The fraction of sp³-hybridized carbons (Fsp3) is 0.714. The van der Waals surface area contributed by atoms with Crippen molar-refractivity contribution in [3.05, 3.63) is 21.6 Å².